The van der Waals surface area contributed by atoms with Crippen molar-refractivity contribution in [1.29, 1.82) is 0 Å². The Hall–Kier alpha value is -3.22. The maximum atomic E-state index is 12.3. The van der Waals surface area contributed by atoms with Gasteiger partial charge >= 0.3 is 0 Å². The van der Waals surface area contributed by atoms with Crippen LogP contribution < -0.4 is 10.6 Å². The summed E-state index contributed by atoms with van der Waals surface area (Å²) in [6.07, 6.45) is 3.49. The average molecular weight is 407 g/mol. The second kappa shape index (κ2) is 8.21. The van der Waals surface area contributed by atoms with Crippen molar-refractivity contribution >= 4 is 45.4 Å². The van der Waals surface area contributed by atoms with Gasteiger partial charge in [-0.15, -0.1) is 11.3 Å². The van der Waals surface area contributed by atoms with E-state index in [-0.39, 0.29) is 5.91 Å². The predicted molar refractivity (Wildman–Crippen MR) is 114 cm³/mol. The van der Waals surface area contributed by atoms with Crippen molar-refractivity contribution in [3.63, 3.8) is 0 Å². The molecule has 138 valence electrons. The van der Waals surface area contributed by atoms with Crippen LogP contribution >= 0.6 is 22.9 Å². The van der Waals surface area contributed by atoms with E-state index in [9.17, 15) is 4.79 Å². The van der Waals surface area contributed by atoms with Gasteiger partial charge in [0.1, 0.15) is 0 Å². The first-order chi connectivity index (χ1) is 13.7. The van der Waals surface area contributed by atoms with Crippen LogP contribution in [0.2, 0.25) is 5.02 Å². The van der Waals surface area contributed by atoms with Crippen LogP contribution in [0.15, 0.2) is 78.4 Å². The zero-order valence-corrected chi connectivity index (χ0v) is 16.2. The molecule has 0 aliphatic heterocycles. The first kappa shape index (κ1) is 18.2. The van der Waals surface area contributed by atoms with Gasteiger partial charge in [-0.2, -0.15) is 0 Å². The van der Waals surface area contributed by atoms with Crippen LogP contribution in [0.3, 0.4) is 0 Å². The Labute approximate surface area is 171 Å². The SMILES string of the molecule is O=C(Nc1ccc(Nc2nc(-c3ccncc3)cs2)cc1)c1ccccc1Cl. The van der Waals surface area contributed by atoms with Crippen molar-refractivity contribution in [2.24, 2.45) is 0 Å². The number of nitrogens with one attached hydrogen (secondary N) is 2. The molecule has 4 aromatic rings. The molecular formula is C21H15ClN4OS. The number of thiazole rings is 1. The lowest BCUT2D eigenvalue weighted by Gasteiger charge is -2.08. The van der Waals surface area contributed by atoms with Crippen molar-refractivity contribution in [3.8, 4) is 11.3 Å². The van der Waals surface area contributed by atoms with Crippen molar-refractivity contribution in [2.45, 2.75) is 0 Å². The van der Waals surface area contributed by atoms with Crippen LogP contribution in [-0.2, 0) is 0 Å². The third-order valence-corrected chi connectivity index (χ3v) is 5.08. The molecule has 5 nitrogen and oxygen atoms in total. The highest BCUT2D eigenvalue weighted by Crippen LogP contribution is 2.27. The Morgan fingerprint density at radius 3 is 2.39 bits per heavy atom. The number of aromatic nitrogens is 2. The van der Waals surface area contributed by atoms with Crippen LogP contribution in [0.25, 0.3) is 11.3 Å². The summed E-state index contributed by atoms with van der Waals surface area (Å²) in [5, 5.41) is 9.33. The molecule has 0 saturated carbocycles. The molecule has 0 atom stereocenters. The van der Waals surface area contributed by atoms with E-state index >= 15 is 0 Å². The van der Waals surface area contributed by atoms with E-state index in [1.807, 2.05) is 41.8 Å². The maximum absolute atomic E-state index is 12.3. The molecule has 0 bridgehead atoms. The minimum Gasteiger partial charge on any atom is -0.332 e. The van der Waals surface area contributed by atoms with Gasteiger partial charge in [0, 0.05) is 34.7 Å². The molecule has 0 aliphatic carbocycles. The first-order valence-corrected chi connectivity index (χ1v) is 9.74. The smallest absolute Gasteiger partial charge is 0.257 e. The molecule has 7 heteroatoms. The molecule has 0 spiro atoms. The third kappa shape index (κ3) is 4.19. The molecule has 28 heavy (non-hydrogen) atoms. The number of nitrogens with zero attached hydrogens (tertiary/aromatic N) is 2. The van der Waals surface area contributed by atoms with Gasteiger partial charge in [-0.1, -0.05) is 23.7 Å². The predicted octanol–water partition coefficient (Wildman–Crippen LogP) is 5.85. The number of benzene rings is 2. The van der Waals surface area contributed by atoms with Crippen LogP contribution in [0, 0.1) is 0 Å². The third-order valence-electron chi connectivity index (χ3n) is 3.99. The lowest BCUT2D eigenvalue weighted by molar-refractivity contribution is 0.102. The van der Waals surface area contributed by atoms with Crippen molar-refractivity contribution in [2.75, 3.05) is 10.6 Å². The molecule has 0 saturated heterocycles. The van der Waals surface area contributed by atoms with Crippen LogP contribution in [0.4, 0.5) is 16.5 Å². The lowest BCUT2D eigenvalue weighted by atomic mass is 10.2. The summed E-state index contributed by atoms with van der Waals surface area (Å²) in [4.78, 5) is 20.9. The quantitative estimate of drug-likeness (QED) is 0.436. The largest absolute Gasteiger partial charge is 0.332 e. The molecule has 2 heterocycles. The number of carbonyl (C=O) groups is 1. The van der Waals surface area contributed by atoms with Crippen molar-refractivity contribution < 1.29 is 4.79 Å². The van der Waals surface area contributed by atoms with Crippen molar-refractivity contribution in [1.82, 2.24) is 9.97 Å². The van der Waals surface area contributed by atoms with Gasteiger partial charge in [-0.3, -0.25) is 9.78 Å². The number of pyridine rings is 1. The van der Waals surface area contributed by atoms with E-state index in [2.05, 4.69) is 20.6 Å². The fraction of sp³-hybridized carbons (Fsp3) is 0. The highest BCUT2D eigenvalue weighted by Gasteiger charge is 2.10. The second-order valence-electron chi connectivity index (χ2n) is 5.91. The van der Waals surface area contributed by atoms with Gasteiger partial charge in [0.05, 0.1) is 16.3 Å². The van der Waals surface area contributed by atoms with E-state index in [0.29, 0.717) is 16.3 Å². The summed E-state index contributed by atoms with van der Waals surface area (Å²) in [6, 6.07) is 18.2. The summed E-state index contributed by atoms with van der Waals surface area (Å²) in [5.74, 6) is -0.242. The maximum Gasteiger partial charge on any atom is 0.257 e. The number of halogens is 1. The fourth-order valence-corrected chi connectivity index (χ4v) is 3.55. The summed E-state index contributed by atoms with van der Waals surface area (Å²) < 4.78 is 0. The first-order valence-electron chi connectivity index (χ1n) is 8.48. The van der Waals surface area contributed by atoms with E-state index < -0.39 is 0 Å². The average Bonchev–Trinajstić information content (AvgIpc) is 3.19. The summed E-state index contributed by atoms with van der Waals surface area (Å²) in [6.45, 7) is 0. The van der Waals surface area contributed by atoms with Gasteiger partial charge in [0.2, 0.25) is 0 Å². The number of hydrogen-bond donors (Lipinski definition) is 2. The zero-order valence-electron chi connectivity index (χ0n) is 14.6. The topological polar surface area (TPSA) is 66.9 Å². The number of anilines is 3. The summed E-state index contributed by atoms with van der Waals surface area (Å²) >= 11 is 7.59. The second-order valence-corrected chi connectivity index (χ2v) is 7.18. The summed E-state index contributed by atoms with van der Waals surface area (Å²) in [5.41, 5.74) is 3.94. The van der Waals surface area contributed by atoms with Gasteiger partial charge in [-0.05, 0) is 48.5 Å². The van der Waals surface area contributed by atoms with E-state index in [4.69, 9.17) is 11.6 Å². The van der Waals surface area contributed by atoms with E-state index in [1.54, 1.807) is 36.7 Å². The molecular weight excluding hydrogens is 392 g/mol. The molecule has 2 N–H and O–H groups in total. The van der Waals surface area contributed by atoms with Gasteiger partial charge in [0.15, 0.2) is 5.13 Å². The number of carbonyl (C=O) groups excluding carboxylic acids is 1. The molecule has 2 aromatic heterocycles. The van der Waals surface area contributed by atoms with Crippen LogP contribution in [0.1, 0.15) is 10.4 Å². The highest BCUT2D eigenvalue weighted by atomic mass is 35.5. The van der Waals surface area contributed by atoms with Crippen LogP contribution in [0.5, 0.6) is 0 Å². The van der Waals surface area contributed by atoms with Gasteiger partial charge in [0.25, 0.3) is 5.91 Å². The molecule has 1 amide bonds. The highest BCUT2D eigenvalue weighted by molar-refractivity contribution is 7.14. The standard InChI is InChI=1S/C21H15ClN4OS/c22-18-4-2-1-3-17(18)20(27)24-15-5-7-16(8-6-15)25-21-26-19(13-28-21)14-9-11-23-12-10-14/h1-13H,(H,24,27)(H,25,26). The van der Waals surface area contributed by atoms with Crippen molar-refractivity contribution in [3.05, 3.63) is 89.0 Å². The Morgan fingerprint density at radius 1 is 0.929 bits per heavy atom. The van der Waals surface area contributed by atoms with E-state index in [1.165, 1.54) is 11.3 Å². The number of hydrogen-bond acceptors (Lipinski definition) is 5. The lowest BCUT2D eigenvalue weighted by Crippen LogP contribution is -2.12. The molecule has 0 unspecified atom stereocenters. The number of amides is 1. The monoisotopic (exact) mass is 406 g/mol. The normalized spacial score (nSPS) is 10.5. The molecule has 0 fully saturated rings. The zero-order chi connectivity index (χ0) is 19.3. The summed E-state index contributed by atoms with van der Waals surface area (Å²) in [7, 11) is 0. The Bertz CT molecular complexity index is 1100. The molecule has 0 aliphatic rings. The fourth-order valence-electron chi connectivity index (χ4n) is 2.59. The minimum absolute atomic E-state index is 0.242. The Morgan fingerprint density at radius 2 is 1.64 bits per heavy atom. The molecule has 2 aromatic carbocycles. The van der Waals surface area contributed by atoms with Gasteiger partial charge in [-0.25, -0.2) is 4.98 Å². The van der Waals surface area contributed by atoms with Gasteiger partial charge < -0.3 is 10.6 Å². The Kier molecular flexibility index (Phi) is 5.32. The minimum atomic E-state index is -0.242. The molecule has 4 rings (SSSR count). The number of rotatable bonds is 5. The van der Waals surface area contributed by atoms with E-state index in [0.717, 1.165) is 22.1 Å². The molecule has 0 radical (unpaired) electrons. The Balaban J connectivity index is 1.42. The van der Waals surface area contributed by atoms with Crippen LogP contribution in [-0.4, -0.2) is 15.9 Å².